The van der Waals surface area contributed by atoms with Gasteiger partial charge in [0.25, 0.3) is 0 Å². The molecular formula is C13H16F2O. The van der Waals surface area contributed by atoms with Gasteiger partial charge in [0.2, 0.25) is 0 Å². The van der Waals surface area contributed by atoms with Crippen molar-refractivity contribution in [1.82, 2.24) is 0 Å². The first-order valence-corrected chi connectivity index (χ1v) is 5.51. The van der Waals surface area contributed by atoms with E-state index >= 15 is 0 Å². The fourth-order valence-electron chi connectivity index (χ4n) is 1.75. The molecule has 0 N–H and O–H groups in total. The molecule has 0 aromatic heterocycles. The standard InChI is InChI=1S/C13H16F2O/c1-4-9(5-2)13(16)11-10(14)7-6-8(3)12(11)15/h6-7,9H,4-5H2,1-3H3. The summed E-state index contributed by atoms with van der Waals surface area (Å²) in [6.45, 7) is 5.22. The molecule has 1 nitrogen and oxygen atoms in total. The van der Waals surface area contributed by atoms with Crippen molar-refractivity contribution in [3.05, 3.63) is 34.9 Å². The zero-order valence-corrected chi connectivity index (χ0v) is 9.81. The molecule has 0 aliphatic rings. The lowest BCUT2D eigenvalue weighted by Gasteiger charge is -2.13. The molecule has 0 saturated heterocycles. The number of hydrogen-bond acceptors (Lipinski definition) is 1. The van der Waals surface area contributed by atoms with E-state index < -0.39 is 17.4 Å². The Bertz CT molecular complexity index is 395. The van der Waals surface area contributed by atoms with E-state index in [1.807, 2.05) is 13.8 Å². The van der Waals surface area contributed by atoms with Crippen molar-refractivity contribution in [2.75, 3.05) is 0 Å². The van der Waals surface area contributed by atoms with Gasteiger partial charge in [-0.3, -0.25) is 4.79 Å². The summed E-state index contributed by atoms with van der Waals surface area (Å²) in [5.41, 5.74) is -0.0793. The van der Waals surface area contributed by atoms with Crippen LogP contribution >= 0.6 is 0 Å². The Morgan fingerprint density at radius 2 is 1.81 bits per heavy atom. The number of halogens is 2. The highest BCUT2D eigenvalue weighted by molar-refractivity contribution is 5.98. The minimum atomic E-state index is -0.764. The summed E-state index contributed by atoms with van der Waals surface area (Å²) >= 11 is 0. The van der Waals surface area contributed by atoms with Crippen molar-refractivity contribution < 1.29 is 13.6 Å². The fourth-order valence-corrected chi connectivity index (χ4v) is 1.75. The van der Waals surface area contributed by atoms with Crippen LogP contribution in [-0.4, -0.2) is 5.78 Å². The van der Waals surface area contributed by atoms with Gasteiger partial charge < -0.3 is 0 Å². The van der Waals surface area contributed by atoms with Gasteiger partial charge in [-0.1, -0.05) is 19.9 Å². The van der Waals surface area contributed by atoms with Crippen molar-refractivity contribution in [3.8, 4) is 0 Å². The van der Waals surface area contributed by atoms with Crippen LogP contribution in [0.1, 0.15) is 42.6 Å². The molecular weight excluding hydrogens is 210 g/mol. The van der Waals surface area contributed by atoms with Crippen LogP contribution < -0.4 is 0 Å². The number of ketones is 1. The molecule has 0 saturated carbocycles. The van der Waals surface area contributed by atoms with E-state index in [-0.39, 0.29) is 11.5 Å². The van der Waals surface area contributed by atoms with Gasteiger partial charge >= 0.3 is 0 Å². The number of hydrogen-bond donors (Lipinski definition) is 0. The van der Waals surface area contributed by atoms with Gasteiger partial charge in [-0.2, -0.15) is 0 Å². The summed E-state index contributed by atoms with van der Waals surface area (Å²) in [5, 5.41) is 0. The highest BCUT2D eigenvalue weighted by Gasteiger charge is 2.24. The van der Waals surface area contributed by atoms with Gasteiger partial charge in [-0.05, 0) is 31.4 Å². The van der Waals surface area contributed by atoms with E-state index in [0.29, 0.717) is 18.4 Å². The number of aryl methyl sites for hydroxylation is 1. The summed E-state index contributed by atoms with van der Waals surface area (Å²) in [4.78, 5) is 11.9. The summed E-state index contributed by atoms with van der Waals surface area (Å²) in [7, 11) is 0. The minimum Gasteiger partial charge on any atom is -0.294 e. The average Bonchev–Trinajstić information content (AvgIpc) is 2.26. The first kappa shape index (κ1) is 12.8. The summed E-state index contributed by atoms with van der Waals surface area (Å²) in [6.07, 6.45) is 1.20. The first-order valence-electron chi connectivity index (χ1n) is 5.51. The normalized spacial score (nSPS) is 10.9. The SMILES string of the molecule is CCC(CC)C(=O)c1c(F)ccc(C)c1F. The molecule has 0 fully saturated rings. The highest BCUT2D eigenvalue weighted by Crippen LogP contribution is 2.22. The van der Waals surface area contributed by atoms with E-state index in [2.05, 4.69) is 0 Å². The van der Waals surface area contributed by atoms with Crippen LogP contribution in [0.15, 0.2) is 12.1 Å². The van der Waals surface area contributed by atoms with Crippen LogP contribution in [0.4, 0.5) is 8.78 Å². The Morgan fingerprint density at radius 1 is 1.25 bits per heavy atom. The van der Waals surface area contributed by atoms with E-state index in [0.717, 1.165) is 6.07 Å². The Hall–Kier alpha value is -1.25. The van der Waals surface area contributed by atoms with Crippen LogP contribution in [0.5, 0.6) is 0 Å². The van der Waals surface area contributed by atoms with Gasteiger partial charge in [0.1, 0.15) is 11.6 Å². The number of carbonyl (C=O) groups is 1. The third-order valence-electron chi connectivity index (χ3n) is 2.89. The number of benzene rings is 1. The highest BCUT2D eigenvalue weighted by atomic mass is 19.1. The molecule has 3 heteroatoms. The van der Waals surface area contributed by atoms with Crippen LogP contribution in [-0.2, 0) is 0 Å². The molecule has 0 heterocycles. The lowest BCUT2D eigenvalue weighted by atomic mass is 9.91. The van der Waals surface area contributed by atoms with Crippen LogP contribution in [0.3, 0.4) is 0 Å². The van der Waals surface area contributed by atoms with Crippen molar-refractivity contribution in [1.29, 1.82) is 0 Å². The lowest BCUT2D eigenvalue weighted by molar-refractivity contribution is 0.0904. The Balaban J connectivity index is 3.22. The zero-order valence-electron chi connectivity index (χ0n) is 9.81. The van der Waals surface area contributed by atoms with Gasteiger partial charge in [0, 0.05) is 5.92 Å². The minimum absolute atomic E-state index is 0.300. The molecule has 0 aliphatic heterocycles. The molecule has 1 aromatic rings. The molecule has 0 spiro atoms. The maximum Gasteiger partial charge on any atom is 0.171 e. The van der Waals surface area contributed by atoms with Crippen molar-refractivity contribution in [3.63, 3.8) is 0 Å². The molecule has 16 heavy (non-hydrogen) atoms. The molecule has 1 rings (SSSR count). The van der Waals surface area contributed by atoms with Crippen molar-refractivity contribution in [2.24, 2.45) is 5.92 Å². The molecule has 1 aromatic carbocycles. The molecule has 0 radical (unpaired) electrons. The van der Waals surface area contributed by atoms with E-state index in [1.165, 1.54) is 13.0 Å². The van der Waals surface area contributed by atoms with Crippen LogP contribution in [0.25, 0.3) is 0 Å². The predicted octanol–water partition coefficient (Wildman–Crippen LogP) is 3.89. The van der Waals surface area contributed by atoms with Crippen LogP contribution in [0, 0.1) is 24.5 Å². The molecule has 88 valence electrons. The summed E-state index contributed by atoms with van der Waals surface area (Å²) in [6, 6.07) is 2.49. The van der Waals surface area contributed by atoms with Crippen LogP contribution in [0.2, 0.25) is 0 Å². The second-order valence-corrected chi connectivity index (χ2v) is 3.93. The topological polar surface area (TPSA) is 17.1 Å². The molecule has 0 unspecified atom stereocenters. The smallest absolute Gasteiger partial charge is 0.171 e. The fraction of sp³-hybridized carbons (Fsp3) is 0.462. The van der Waals surface area contributed by atoms with E-state index in [9.17, 15) is 13.6 Å². The maximum atomic E-state index is 13.7. The molecule has 0 atom stereocenters. The Morgan fingerprint density at radius 3 is 2.31 bits per heavy atom. The number of rotatable bonds is 4. The first-order chi connectivity index (χ1) is 7.52. The van der Waals surface area contributed by atoms with E-state index in [4.69, 9.17) is 0 Å². The average molecular weight is 226 g/mol. The third kappa shape index (κ3) is 2.29. The second-order valence-electron chi connectivity index (χ2n) is 3.93. The zero-order chi connectivity index (χ0) is 12.3. The molecule has 0 amide bonds. The number of Topliss-reactive ketones (excluding diaryl/α,β-unsaturated/α-hetero) is 1. The van der Waals surface area contributed by atoms with Crippen molar-refractivity contribution >= 4 is 5.78 Å². The van der Waals surface area contributed by atoms with Gasteiger partial charge in [0.15, 0.2) is 5.78 Å². The number of carbonyl (C=O) groups excluding carboxylic acids is 1. The van der Waals surface area contributed by atoms with Gasteiger partial charge in [-0.25, -0.2) is 8.78 Å². The van der Waals surface area contributed by atoms with Crippen molar-refractivity contribution in [2.45, 2.75) is 33.6 Å². The van der Waals surface area contributed by atoms with Gasteiger partial charge in [0.05, 0.1) is 5.56 Å². The predicted molar refractivity (Wildman–Crippen MR) is 59.5 cm³/mol. The summed E-state index contributed by atoms with van der Waals surface area (Å²) < 4.78 is 27.1. The molecule has 0 aliphatic carbocycles. The monoisotopic (exact) mass is 226 g/mol. The Labute approximate surface area is 94.5 Å². The second kappa shape index (κ2) is 5.19. The summed E-state index contributed by atoms with van der Waals surface area (Å²) in [5.74, 6) is -2.22. The third-order valence-corrected chi connectivity index (χ3v) is 2.89. The maximum absolute atomic E-state index is 13.7. The quantitative estimate of drug-likeness (QED) is 0.712. The Kier molecular flexibility index (Phi) is 4.16. The van der Waals surface area contributed by atoms with Gasteiger partial charge in [-0.15, -0.1) is 0 Å². The molecule has 0 bridgehead atoms. The van der Waals surface area contributed by atoms with E-state index in [1.54, 1.807) is 0 Å². The largest absolute Gasteiger partial charge is 0.294 e. The lowest BCUT2D eigenvalue weighted by Crippen LogP contribution is -2.17.